The molecule has 0 saturated carbocycles. The van der Waals surface area contributed by atoms with E-state index in [1.807, 2.05) is 37.3 Å². The average Bonchev–Trinajstić information content (AvgIpc) is 2.78. The molecule has 1 unspecified atom stereocenters. The van der Waals surface area contributed by atoms with Crippen molar-refractivity contribution in [3.8, 4) is 5.75 Å². The first-order valence-corrected chi connectivity index (χ1v) is 10.1. The van der Waals surface area contributed by atoms with E-state index in [-0.39, 0.29) is 18.2 Å². The van der Waals surface area contributed by atoms with Gasteiger partial charge in [-0.1, -0.05) is 43.3 Å². The van der Waals surface area contributed by atoms with Crippen LogP contribution in [0.15, 0.2) is 54.6 Å². The summed E-state index contributed by atoms with van der Waals surface area (Å²) in [6, 6.07) is 15.7. The fourth-order valence-corrected chi connectivity index (χ4v) is 3.22. The molecule has 1 atom stereocenters. The lowest BCUT2D eigenvalue weighted by molar-refractivity contribution is -0.147. The molecule has 158 valence electrons. The fraction of sp³-hybridized carbons (Fsp3) is 0.348. The number of hydrogen-bond donors (Lipinski definition) is 1. The molecule has 7 heteroatoms. The summed E-state index contributed by atoms with van der Waals surface area (Å²) >= 11 is 0. The Bertz CT molecular complexity index is 884. The summed E-state index contributed by atoms with van der Waals surface area (Å²) in [4.78, 5) is 38.9. The van der Waals surface area contributed by atoms with Crippen molar-refractivity contribution in [3.63, 3.8) is 0 Å². The molecule has 3 rings (SSSR count). The van der Waals surface area contributed by atoms with Crippen LogP contribution < -0.4 is 10.1 Å². The number of rotatable bonds is 8. The van der Waals surface area contributed by atoms with Crippen molar-refractivity contribution in [2.45, 2.75) is 32.4 Å². The highest BCUT2D eigenvalue weighted by molar-refractivity contribution is 5.99. The maximum atomic E-state index is 13.1. The highest BCUT2D eigenvalue weighted by Gasteiger charge is 2.35. The number of hydrogen-bond acceptors (Lipinski definition) is 5. The second-order valence-electron chi connectivity index (χ2n) is 7.03. The topological polar surface area (TPSA) is 84.9 Å². The molecule has 1 aliphatic rings. The molecular weight excluding hydrogens is 384 g/mol. The zero-order chi connectivity index (χ0) is 21.3. The summed E-state index contributed by atoms with van der Waals surface area (Å²) in [5.41, 5.74) is 1.43. The quantitative estimate of drug-likeness (QED) is 0.676. The Labute approximate surface area is 176 Å². The summed E-state index contributed by atoms with van der Waals surface area (Å²) in [6.07, 6.45) is 0.531. The van der Waals surface area contributed by atoms with Crippen molar-refractivity contribution in [3.05, 3.63) is 65.7 Å². The van der Waals surface area contributed by atoms with Gasteiger partial charge in [0.25, 0.3) is 5.91 Å². The predicted molar refractivity (Wildman–Crippen MR) is 111 cm³/mol. The number of piperazine rings is 1. The molecule has 30 heavy (non-hydrogen) atoms. The van der Waals surface area contributed by atoms with E-state index in [0.29, 0.717) is 44.0 Å². The Morgan fingerprint density at radius 3 is 2.70 bits per heavy atom. The molecule has 7 nitrogen and oxygen atoms in total. The Morgan fingerprint density at radius 1 is 1.13 bits per heavy atom. The normalized spacial score (nSPS) is 16.0. The van der Waals surface area contributed by atoms with Gasteiger partial charge < -0.3 is 19.7 Å². The van der Waals surface area contributed by atoms with Crippen molar-refractivity contribution in [1.82, 2.24) is 10.2 Å². The maximum Gasteiger partial charge on any atom is 0.308 e. The summed E-state index contributed by atoms with van der Waals surface area (Å²) in [7, 11) is 0. The molecule has 0 aromatic heterocycles. The number of nitrogens with zero attached hydrogens (tertiary/aromatic N) is 1. The molecule has 1 heterocycles. The van der Waals surface area contributed by atoms with Crippen LogP contribution in [0.4, 0.5) is 0 Å². The molecule has 1 N–H and O–H groups in total. The van der Waals surface area contributed by atoms with Crippen molar-refractivity contribution in [1.29, 1.82) is 0 Å². The number of nitrogens with one attached hydrogen (secondary N) is 1. The number of benzene rings is 2. The predicted octanol–water partition coefficient (Wildman–Crippen LogP) is 2.55. The molecule has 0 aliphatic carbocycles. The molecular formula is C23H26N2O5. The monoisotopic (exact) mass is 410 g/mol. The molecule has 0 radical (unpaired) electrons. The minimum Gasteiger partial charge on any atom is -0.489 e. The summed E-state index contributed by atoms with van der Waals surface area (Å²) in [6.45, 7) is 3.24. The number of ether oxygens (including phenoxy) is 2. The fourth-order valence-electron chi connectivity index (χ4n) is 3.22. The molecule has 2 aromatic carbocycles. The van der Waals surface area contributed by atoms with Crippen molar-refractivity contribution >= 4 is 17.8 Å². The van der Waals surface area contributed by atoms with Gasteiger partial charge >= 0.3 is 5.97 Å². The lowest BCUT2D eigenvalue weighted by Gasteiger charge is -2.34. The third-order valence-electron chi connectivity index (χ3n) is 4.75. The number of esters is 1. The van der Waals surface area contributed by atoms with E-state index in [2.05, 4.69) is 5.32 Å². The first-order chi connectivity index (χ1) is 14.6. The third-order valence-corrected chi connectivity index (χ3v) is 4.75. The van der Waals surface area contributed by atoms with E-state index in [1.54, 1.807) is 24.3 Å². The first-order valence-electron chi connectivity index (χ1n) is 10.1. The van der Waals surface area contributed by atoms with Gasteiger partial charge in [0.2, 0.25) is 5.91 Å². The molecule has 0 bridgehead atoms. The van der Waals surface area contributed by atoms with E-state index >= 15 is 0 Å². The Hall–Kier alpha value is -3.35. The molecule has 2 amide bonds. The Morgan fingerprint density at radius 2 is 1.93 bits per heavy atom. The average molecular weight is 410 g/mol. The van der Waals surface area contributed by atoms with Crippen LogP contribution in [0.3, 0.4) is 0 Å². The van der Waals surface area contributed by atoms with Crippen LogP contribution in [0.5, 0.6) is 5.75 Å². The van der Waals surface area contributed by atoms with Crippen LogP contribution in [-0.4, -0.2) is 48.4 Å². The molecule has 1 aliphatic heterocycles. The highest BCUT2D eigenvalue weighted by atomic mass is 16.5. The van der Waals surface area contributed by atoms with Crippen LogP contribution in [0, 0.1) is 0 Å². The molecule has 0 spiro atoms. The van der Waals surface area contributed by atoms with Crippen molar-refractivity contribution in [2.24, 2.45) is 0 Å². The van der Waals surface area contributed by atoms with Gasteiger partial charge in [0.15, 0.2) is 0 Å². The van der Waals surface area contributed by atoms with Crippen LogP contribution in [0.1, 0.15) is 35.7 Å². The Balaban J connectivity index is 1.70. The summed E-state index contributed by atoms with van der Waals surface area (Å²) < 4.78 is 10.9. The van der Waals surface area contributed by atoms with Gasteiger partial charge in [0.1, 0.15) is 18.4 Å². The van der Waals surface area contributed by atoms with Gasteiger partial charge in [-0.25, -0.2) is 0 Å². The minimum atomic E-state index is -0.885. The lowest BCUT2D eigenvalue weighted by atomic mass is 10.1. The van der Waals surface area contributed by atoms with Crippen LogP contribution in [0.2, 0.25) is 0 Å². The van der Waals surface area contributed by atoms with Gasteiger partial charge in [-0.2, -0.15) is 0 Å². The summed E-state index contributed by atoms with van der Waals surface area (Å²) in [5.74, 6) is -0.593. The SMILES string of the molecule is CCCOC(=O)CC1C(=O)NCCN1C(=O)c1cccc(OCc2ccccc2)c1. The maximum absolute atomic E-state index is 13.1. The van der Waals surface area contributed by atoms with E-state index in [1.165, 1.54) is 4.90 Å². The van der Waals surface area contributed by atoms with E-state index in [4.69, 9.17) is 9.47 Å². The van der Waals surface area contributed by atoms with E-state index in [0.717, 1.165) is 5.56 Å². The van der Waals surface area contributed by atoms with Crippen molar-refractivity contribution < 1.29 is 23.9 Å². The number of amides is 2. The molecule has 1 saturated heterocycles. The third kappa shape index (κ3) is 5.59. The Kier molecular flexibility index (Phi) is 7.43. The largest absolute Gasteiger partial charge is 0.489 e. The molecule has 2 aromatic rings. The van der Waals surface area contributed by atoms with Crippen molar-refractivity contribution in [2.75, 3.05) is 19.7 Å². The van der Waals surface area contributed by atoms with E-state index in [9.17, 15) is 14.4 Å². The molecule has 1 fully saturated rings. The number of carbonyl (C=O) groups excluding carboxylic acids is 3. The zero-order valence-electron chi connectivity index (χ0n) is 17.0. The second-order valence-corrected chi connectivity index (χ2v) is 7.03. The van der Waals surface area contributed by atoms with Gasteiger partial charge in [0.05, 0.1) is 13.0 Å². The van der Waals surface area contributed by atoms with Gasteiger partial charge in [-0.05, 0) is 30.2 Å². The van der Waals surface area contributed by atoms with Crippen LogP contribution >= 0.6 is 0 Å². The highest BCUT2D eigenvalue weighted by Crippen LogP contribution is 2.19. The van der Waals surface area contributed by atoms with E-state index < -0.39 is 12.0 Å². The smallest absolute Gasteiger partial charge is 0.308 e. The van der Waals surface area contributed by atoms with Gasteiger partial charge in [-0.3, -0.25) is 14.4 Å². The number of carbonyl (C=O) groups is 3. The van der Waals surface area contributed by atoms with Gasteiger partial charge in [0, 0.05) is 18.7 Å². The first kappa shape index (κ1) is 21.4. The second kappa shape index (κ2) is 10.4. The van der Waals surface area contributed by atoms with Crippen LogP contribution in [0.25, 0.3) is 0 Å². The zero-order valence-corrected chi connectivity index (χ0v) is 17.0. The standard InChI is InChI=1S/C23H26N2O5/c1-2-13-29-21(26)15-20-22(27)24-11-12-25(20)23(28)18-9-6-10-19(14-18)30-16-17-7-4-3-5-8-17/h3-10,14,20H,2,11-13,15-16H2,1H3,(H,24,27). The summed E-state index contributed by atoms with van der Waals surface area (Å²) in [5, 5.41) is 2.71. The van der Waals surface area contributed by atoms with Crippen LogP contribution in [-0.2, 0) is 20.9 Å². The minimum absolute atomic E-state index is 0.165. The lowest BCUT2D eigenvalue weighted by Crippen LogP contribution is -2.57. The van der Waals surface area contributed by atoms with Gasteiger partial charge in [-0.15, -0.1) is 0 Å².